The maximum Gasteiger partial charge on any atom is 0.337 e. The number of benzene rings is 1. The van der Waals surface area contributed by atoms with Gasteiger partial charge in [0, 0.05) is 35.5 Å². The highest BCUT2D eigenvalue weighted by molar-refractivity contribution is 5.95. The molecule has 2 aromatic heterocycles. The molecule has 1 saturated heterocycles. The smallest absolute Gasteiger partial charge is 0.337 e. The van der Waals surface area contributed by atoms with Gasteiger partial charge in [0.2, 0.25) is 0 Å². The summed E-state index contributed by atoms with van der Waals surface area (Å²) in [6, 6.07) is 6.93. The lowest BCUT2D eigenvalue weighted by Crippen LogP contribution is -2.38. The van der Waals surface area contributed by atoms with Crippen molar-refractivity contribution in [2.75, 3.05) is 20.3 Å². The number of nitrogens with zero attached hydrogens (tertiary/aromatic N) is 4. The molecule has 1 atom stereocenters. The minimum atomic E-state index is -0.566. The Kier molecular flexibility index (Phi) is 6.47. The van der Waals surface area contributed by atoms with E-state index in [0.717, 1.165) is 37.9 Å². The van der Waals surface area contributed by atoms with Gasteiger partial charge in [-0.05, 0) is 44.4 Å². The van der Waals surface area contributed by atoms with Gasteiger partial charge in [0.05, 0.1) is 18.4 Å². The zero-order valence-corrected chi connectivity index (χ0v) is 20.7. The highest BCUT2D eigenvalue weighted by Crippen LogP contribution is 2.36. The third-order valence-electron chi connectivity index (χ3n) is 6.95. The maximum absolute atomic E-state index is 15.5. The number of aromatic nitrogens is 3. The van der Waals surface area contributed by atoms with Crippen LogP contribution in [0.25, 0.3) is 23.0 Å². The highest BCUT2D eigenvalue weighted by atomic mass is 19.1. The average Bonchev–Trinajstić information content (AvgIpc) is 3.21. The Morgan fingerprint density at radius 2 is 2.06 bits per heavy atom. The number of aryl methyl sites for hydroxylation is 1. The number of hydrogen-bond donors (Lipinski definition) is 0. The molecule has 0 spiro atoms. The van der Waals surface area contributed by atoms with E-state index in [9.17, 15) is 9.59 Å². The summed E-state index contributed by atoms with van der Waals surface area (Å²) in [5.41, 5.74) is 3.10. The first-order valence-electron chi connectivity index (χ1n) is 12.4. The van der Waals surface area contributed by atoms with Gasteiger partial charge in [-0.3, -0.25) is 4.79 Å². The first-order chi connectivity index (χ1) is 17.4. The third-order valence-corrected chi connectivity index (χ3v) is 6.95. The Labute approximate surface area is 208 Å². The van der Waals surface area contributed by atoms with Gasteiger partial charge in [0.15, 0.2) is 17.2 Å². The van der Waals surface area contributed by atoms with E-state index in [1.807, 2.05) is 11.8 Å². The number of amides is 1. The van der Waals surface area contributed by atoms with E-state index in [1.165, 1.54) is 7.11 Å². The predicted octanol–water partition coefficient (Wildman–Crippen LogP) is 4.45. The largest absolute Gasteiger partial charge is 0.485 e. The van der Waals surface area contributed by atoms with Crippen LogP contribution in [-0.2, 0) is 16.0 Å². The van der Waals surface area contributed by atoms with Crippen LogP contribution in [0.1, 0.15) is 61.3 Å². The number of rotatable bonds is 4. The van der Waals surface area contributed by atoms with E-state index in [0.29, 0.717) is 34.6 Å². The molecule has 5 rings (SSSR count). The van der Waals surface area contributed by atoms with Crippen molar-refractivity contribution in [1.82, 2.24) is 19.5 Å². The Hall–Kier alpha value is -3.75. The van der Waals surface area contributed by atoms with E-state index < -0.39 is 11.8 Å². The van der Waals surface area contributed by atoms with Gasteiger partial charge in [0.25, 0.3) is 5.91 Å². The standard InChI is InChI=1S/C27H29FN4O4/c1-4-19-13-22(26(33)31-11-7-5-6-8-16(31)2)29-23-14-21(30-32(19)23)20-10-9-17-12-18(27(34)35-3)15-36-25(17)24(20)28/h9-10,12-14,16H,4-8,11,15H2,1-3H3/t16-/m1/s1. The van der Waals surface area contributed by atoms with Crippen molar-refractivity contribution in [2.24, 2.45) is 0 Å². The van der Waals surface area contributed by atoms with Crippen LogP contribution in [0.5, 0.6) is 5.75 Å². The van der Waals surface area contributed by atoms with E-state index in [2.05, 4.69) is 17.0 Å². The molecule has 1 aromatic carbocycles. The lowest BCUT2D eigenvalue weighted by molar-refractivity contribution is -0.136. The molecule has 0 bridgehead atoms. The van der Waals surface area contributed by atoms with Gasteiger partial charge in [-0.1, -0.05) is 25.8 Å². The summed E-state index contributed by atoms with van der Waals surface area (Å²) in [4.78, 5) is 31.7. The molecule has 9 heteroatoms. The molecule has 0 unspecified atom stereocenters. The fourth-order valence-corrected chi connectivity index (χ4v) is 4.91. The van der Waals surface area contributed by atoms with Crippen molar-refractivity contribution < 1.29 is 23.5 Å². The summed E-state index contributed by atoms with van der Waals surface area (Å²) in [5.74, 6) is -1.09. The van der Waals surface area contributed by atoms with Crippen LogP contribution >= 0.6 is 0 Å². The summed E-state index contributed by atoms with van der Waals surface area (Å²) in [6.45, 7) is 4.72. The van der Waals surface area contributed by atoms with Crippen LogP contribution in [0.3, 0.4) is 0 Å². The molecule has 188 valence electrons. The zero-order chi connectivity index (χ0) is 25.4. The van der Waals surface area contributed by atoms with Crippen molar-refractivity contribution in [1.29, 1.82) is 0 Å². The molecule has 3 aromatic rings. The molecule has 8 nitrogen and oxygen atoms in total. The van der Waals surface area contributed by atoms with Crippen LogP contribution in [0.2, 0.25) is 0 Å². The number of esters is 1. The van der Waals surface area contributed by atoms with Crippen molar-refractivity contribution in [3.63, 3.8) is 0 Å². The molecule has 0 N–H and O–H groups in total. The van der Waals surface area contributed by atoms with Crippen LogP contribution in [-0.4, -0.2) is 57.7 Å². The SMILES string of the molecule is CCc1cc(C(=O)N2CCCCC[C@H]2C)nc2cc(-c3ccc4c(c3F)OCC(C(=O)OC)=C4)nn12. The number of fused-ring (bicyclic) bond motifs is 2. The summed E-state index contributed by atoms with van der Waals surface area (Å²) in [6.07, 6.45) is 6.43. The molecule has 2 aliphatic heterocycles. The molecular weight excluding hydrogens is 463 g/mol. The second kappa shape index (κ2) is 9.72. The van der Waals surface area contributed by atoms with Crippen LogP contribution < -0.4 is 4.74 Å². The number of methoxy groups -OCH3 is 1. The molecule has 36 heavy (non-hydrogen) atoms. The fraction of sp³-hybridized carbons (Fsp3) is 0.407. The summed E-state index contributed by atoms with van der Waals surface area (Å²) >= 11 is 0. The van der Waals surface area contributed by atoms with Gasteiger partial charge in [-0.15, -0.1) is 0 Å². The van der Waals surface area contributed by atoms with Crippen LogP contribution in [0, 0.1) is 5.82 Å². The zero-order valence-electron chi connectivity index (χ0n) is 20.7. The quantitative estimate of drug-likeness (QED) is 0.500. The first-order valence-corrected chi connectivity index (χ1v) is 12.4. The monoisotopic (exact) mass is 492 g/mol. The van der Waals surface area contributed by atoms with E-state index in [1.54, 1.807) is 34.9 Å². The Morgan fingerprint density at radius 1 is 1.22 bits per heavy atom. The second-order valence-electron chi connectivity index (χ2n) is 9.28. The number of likely N-dealkylation sites (tertiary alicyclic amines) is 1. The molecular formula is C27H29FN4O4. The van der Waals surface area contributed by atoms with Gasteiger partial charge < -0.3 is 14.4 Å². The molecule has 2 aliphatic rings. The minimum Gasteiger partial charge on any atom is -0.485 e. The molecule has 0 aliphatic carbocycles. The number of carbonyl (C=O) groups is 2. The first kappa shape index (κ1) is 24.0. The predicted molar refractivity (Wildman–Crippen MR) is 132 cm³/mol. The molecule has 0 radical (unpaired) electrons. The normalized spacial score (nSPS) is 17.7. The lowest BCUT2D eigenvalue weighted by Gasteiger charge is -2.27. The molecule has 1 fully saturated rings. The van der Waals surface area contributed by atoms with Crippen LogP contribution in [0.15, 0.2) is 29.8 Å². The number of hydrogen-bond acceptors (Lipinski definition) is 6. The Morgan fingerprint density at radius 3 is 2.83 bits per heavy atom. The van der Waals surface area contributed by atoms with Gasteiger partial charge in [0.1, 0.15) is 12.3 Å². The summed E-state index contributed by atoms with van der Waals surface area (Å²) in [5, 5.41) is 4.61. The van der Waals surface area contributed by atoms with Gasteiger partial charge >= 0.3 is 5.97 Å². The van der Waals surface area contributed by atoms with Crippen molar-refractivity contribution in [3.8, 4) is 17.0 Å². The average molecular weight is 493 g/mol. The summed E-state index contributed by atoms with van der Waals surface area (Å²) < 4.78 is 27.4. The second-order valence-corrected chi connectivity index (χ2v) is 9.28. The fourth-order valence-electron chi connectivity index (χ4n) is 4.91. The topological polar surface area (TPSA) is 86.0 Å². The van der Waals surface area contributed by atoms with Crippen LogP contribution in [0.4, 0.5) is 4.39 Å². The number of ether oxygens (including phenoxy) is 2. The Bertz CT molecular complexity index is 1380. The number of halogens is 1. The maximum atomic E-state index is 15.5. The van der Waals surface area contributed by atoms with Gasteiger partial charge in [-0.25, -0.2) is 18.7 Å². The molecule has 0 saturated carbocycles. The third kappa shape index (κ3) is 4.23. The minimum absolute atomic E-state index is 0.0619. The summed E-state index contributed by atoms with van der Waals surface area (Å²) in [7, 11) is 1.29. The van der Waals surface area contributed by atoms with Crippen molar-refractivity contribution in [3.05, 3.63) is 52.6 Å². The molecule has 1 amide bonds. The van der Waals surface area contributed by atoms with Crippen molar-refractivity contribution in [2.45, 2.75) is 52.0 Å². The molecule has 4 heterocycles. The van der Waals surface area contributed by atoms with Gasteiger partial charge in [-0.2, -0.15) is 5.10 Å². The van der Waals surface area contributed by atoms with E-state index in [-0.39, 0.29) is 29.9 Å². The van der Waals surface area contributed by atoms with E-state index in [4.69, 9.17) is 9.47 Å². The Balaban J connectivity index is 1.53. The van der Waals surface area contributed by atoms with Crippen molar-refractivity contribution >= 4 is 23.6 Å². The highest BCUT2D eigenvalue weighted by Gasteiger charge is 2.27. The van der Waals surface area contributed by atoms with E-state index >= 15 is 4.39 Å². The number of carbonyl (C=O) groups excluding carboxylic acids is 2. The lowest BCUT2D eigenvalue weighted by atomic mass is 10.0.